The number of halogens is 3. The summed E-state index contributed by atoms with van der Waals surface area (Å²) >= 11 is 12.1. The minimum atomic E-state index is -0.719. The highest BCUT2D eigenvalue weighted by atomic mass is 35.5. The van der Waals surface area contributed by atoms with E-state index in [1.807, 2.05) is 0 Å². The summed E-state index contributed by atoms with van der Waals surface area (Å²) < 4.78 is 19.6. The van der Waals surface area contributed by atoms with Crippen LogP contribution < -0.4 is 10.6 Å². The molecule has 5 nitrogen and oxygen atoms in total. The minimum absolute atomic E-state index is 0.0156. The molecule has 1 heterocycles. The Labute approximate surface area is 180 Å². The second kappa shape index (κ2) is 8.18. The molecule has 0 fully saturated rings. The SMILES string of the molecule is O=C(Nc1c(C(=O)Nc2ccccc2F)oc2ccccc12)c1cc(Cl)ccc1Cl. The maximum absolute atomic E-state index is 13.9. The Bertz CT molecular complexity index is 1290. The van der Waals surface area contributed by atoms with E-state index in [1.165, 1.54) is 30.3 Å². The Hall–Kier alpha value is -3.35. The first kappa shape index (κ1) is 19.9. The highest BCUT2D eigenvalue weighted by Gasteiger charge is 2.24. The third kappa shape index (κ3) is 3.87. The van der Waals surface area contributed by atoms with Crippen LogP contribution in [0.5, 0.6) is 0 Å². The van der Waals surface area contributed by atoms with Crippen LogP contribution in [0.15, 0.2) is 71.1 Å². The molecule has 4 aromatic rings. The van der Waals surface area contributed by atoms with Gasteiger partial charge in [0.2, 0.25) is 5.76 Å². The molecule has 0 atom stereocenters. The molecule has 8 heteroatoms. The number of anilines is 2. The molecule has 0 aliphatic rings. The number of furan rings is 1. The van der Waals surface area contributed by atoms with Crippen molar-refractivity contribution in [2.24, 2.45) is 0 Å². The molecule has 1 aromatic heterocycles. The van der Waals surface area contributed by atoms with Crippen molar-refractivity contribution in [3.05, 3.63) is 93.9 Å². The number of amides is 2. The van der Waals surface area contributed by atoms with Gasteiger partial charge in [-0.3, -0.25) is 9.59 Å². The summed E-state index contributed by atoms with van der Waals surface area (Å²) in [6.07, 6.45) is 0. The van der Waals surface area contributed by atoms with E-state index >= 15 is 0 Å². The predicted molar refractivity (Wildman–Crippen MR) is 115 cm³/mol. The first-order valence-corrected chi connectivity index (χ1v) is 9.53. The van der Waals surface area contributed by atoms with Crippen LogP contribution in [0.4, 0.5) is 15.8 Å². The molecular weight excluding hydrogens is 430 g/mol. The number of hydrogen-bond acceptors (Lipinski definition) is 3. The lowest BCUT2D eigenvalue weighted by molar-refractivity contribution is 0.0999. The lowest BCUT2D eigenvalue weighted by Crippen LogP contribution is -2.18. The monoisotopic (exact) mass is 442 g/mol. The molecule has 0 bridgehead atoms. The second-order valence-electron chi connectivity index (χ2n) is 6.31. The van der Waals surface area contributed by atoms with Crippen LogP contribution in [0.3, 0.4) is 0 Å². The number of carbonyl (C=O) groups is 2. The molecule has 2 N–H and O–H groups in total. The van der Waals surface area contributed by atoms with Crippen molar-refractivity contribution in [1.82, 2.24) is 0 Å². The highest BCUT2D eigenvalue weighted by molar-refractivity contribution is 6.36. The zero-order valence-electron chi connectivity index (χ0n) is 15.2. The van der Waals surface area contributed by atoms with E-state index in [1.54, 1.807) is 36.4 Å². The minimum Gasteiger partial charge on any atom is -0.449 e. The normalized spacial score (nSPS) is 10.8. The molecule has 3 aromatic carbocycles. The van der Waals surface area contributed by atoms with E-state index in [2.05, 4.69) is 10.6 Å². The number of carbonyl (C=O) groups excluding carboxylic acids is 2. The van der Waals surface area contributed by atoms with Crippen molar-refractivity contribution in [2.45, 2.75) is 0 Å². The second-order valence-corrected chi connectivity index (χ2v) is 7.16. The third-order valence-corrected chi connectivity index (χ3v) is 4.90. The summed E-state index contributed by atoms with van der Waals surface area (Å²) in [6.45, 7) is 0. The van der Waals surface area contributed by atoms with Crippen molar-refractivity contribution in [1.29, 1.82) is 0 Å². The molecule has 0 saturated heterocycles. The first-order valence-electron chi connectivity index (χ1n) is 8.78. The van der Waals surface area contributed by atoms with Gasteiger partial charge in [0.1, 0.15) is 17.1 Å². The molecule has 0 aliphatic carbocycles. The maximum atomic E-state index is 13.9. The number of hydrogen-bond donors (Lipinski definition) is 2. The summed E-state index contributed by atoms with van der Waals surface area (Å²) in [5, 5.41) is 6.16. The van der Waals surface area contributed by atoms with Crippen LogP contribution >= 0.6 is 23.2 Å². The van der Waals surface area contributed by atoms with Crippen molar-refractivity contribution in [3.8, 4) is 0 Å². The van der Waals surface area contributed by atoms with Gasteiger partial charge in [0, 0.05) is 10.4 Å². The topological polar surface area (TPSA) is 71.3 Å². The third-order valence-electron chi connectivity index (χ3n) is 4.34. The van der Waals surface area contributed by atoms with E-state index in [-0.39, 0.29) is 27.7 Å². The van der Waals surface area contributed by atoms with Crippen molar-refractivity contribution < 1.29 is 18.4 Å². The lowest BCUT2D eigenvalue weighted by Gasteiger charge is -2.09. The van der Waals surface area contributed by atoms with Crippen LogP contribution in [0.25, 0.3) is 11.0 Å². The number of rotatable bonds is 4. The first-order chi connectivity index (χ1) is 14.4. The van der Waals surface area contributed by atoms with E-state index in [4.69, 9.17) is 27.6 Å². The van der Waals surface area contributed by atoms with Gasteiger partial charge in [-0.05, 0) is 42.5 Å². The number of benzene rings is 3. The lowest BCUT2D eigenvalue weighted by atomic mass is 10.1. The molecule has 0 aliphatic heterocycles. The molecule has 0 saturated carbocycles. The molecule has 4 rings (SSSR count). The fourth-order valence-corrected chi connectivity index (χ4v) is 3.30. The van der Waals surface area contributed by atoms with E-state index in [0.717, 1.165) is 0 Å². The standard InChI is InChI=1S/C22H13Cl2FN2O3/c23-12-9-10-15(24)14(11-12)21(28)27-19-13-5-1-4-8-18(13)30-20(19)22(29)26-17-7-3-2-6-16(17)25/h1-11H,(H,26,29)(H,27,28). The average Bonchev–Trinajstić information content (AvgIpc) is 3.10. The van der Waals surface area contributed by atoms with Crippen LogP contribution in [-0.4, -0.2) is 11.8 Å². The van der Waals surface area contributed by atoms with Crippen LogP contribution in [-0.2, 0) is 0 Å². The molecule has 30 heavy (non-hydrogen) atoms. The number of para-hydroxylation sites is 2. The fraction of sp³-hybridized carbons (Fsp3) is 0. The molecule has 0 spiro atoms. The highest BCUT2D eigenvalue weighted by Crippen LogP contribution is 2.33. The van der Waals surface area contributed by atoms with Gasteiger partial charge in [-0.1, -0.05) is 47.5 Å². The van der Waals surface area contributed by atoms with Gasteiger partial charge in [-0.15, -0.1) is 0 Å². The molecule has 0 unspecified atom stereocenters. The molecular formula is C22H13Cl2FN2O3. The predicted octanol–water partition coefficient (Wildman–Crippen LogP) is 6.38. The average molecular weight is 443 g/mol. The van der Waals surface area contributed by atoms with Gasteiger partial charge < -0.3 is 15.1 Å². The van der Waals surface area contributed by atoms with Gasteiger partial charge in [-0.25, -0.2) is 4.39 Å². The van der Waals surface area contributed by atoms with E-state index in [9.17, 15) is 14.0 Å². The smallest absolute Gasteiger partial charge is 0.293 e. The quantitative estimate of drug-likeness (QED) is 0.384. The van der Waals surface area contributed by atoms with Gasteiger partial charge >= 0.3 is 0 Å². The summed E-state index contributed by atoms with van der Waals surface area (Å²) in [5.41, 5.74) is 0.636. The summed E-state index contributed by atoms with van der Waals surface area (Å²) in [5.74, 6) is -2.07. The van der Waals surface area contributed by atoms with Crippen LogP contribution in [0.1, 0.15) is 20.9 Å². The van der Waals surface area contributed by atoms with Crippen molar-refractivity contribution in [2.75, 3.05) is 10.6 Å². The van der Waals surface area contributed by atoms with Crippen LogP contribution in [0.2, 0.25) is 10.0 Å². The van der Waals surface area contributed by atoms with Gasteiger partial charge in [0.15, 0.2) is 0 Å². The summed E-state index contributed by atoms with van der Waals surface area (Å²) in [4.78, 5) is 25.7. The molecule has 150 valence electrons. The van der Waals surface area contributed by atoms with Gasteiger partial charge in [-0.2, -0.15) is 0 Å². The summed E-state index contributed by atoms with van der Waals surface area (Å²) in [7, 11) is 0. The Morgan fingerprint density at radius 1 is 0.867 bits per heavy atom. The largest absolute Gasteiger partial charge is 0.449 e. The molecule has 0 radical (unpaired) electrons. The Morgan fingerprint density at radius 2 is 1.60 bits per heavy atom. The fourth-order valence-electron chi connectivity index (χ4n) is 2.92. The van der Waals surface area contributed by atoms with Crippen molar-refractivity contribution in [3.63, 3.8) is 0 Å². The zero-order valence-corrected chi connectivity index (χ0v) is 16.7. The Morgan fingerprint density at radius 3 is 2.40 bits per heavy atom. The Balaban J connectivity index is 1.73. The van der Waals surface area contributed by atoms with Crippen LogP contribution in [0, 0.1) is 5.82 Å². The zero-order chi connectivity index (χ0) is 21.3. The van der Waals surface area contributed by atoms with Gasteiger partial charge in [0.05, 0.1) is 16.3 Å². The maximum Gasteiger partial charge on any atom is 0.293 e. The number of fused-ring (bicyclic) bond motifs is 1. The van der Waals surface area contributed by atoms with E-state index < -0.39 is 17.6 Å². The summed E-state index contributed by atoms with van der Waals surface area (Å²) in [6, 6.07) is 17.0. The Kier molecular flexibility index (Phi) is 5.44. The number of nitrogens with one attached hydrogen (secondary N) is 2. The molecule has 2 amide bonds. The van der Waals surface area contributed by atoms with Crippen molar-refractivity contribution >= 4 is 57.4 Å². The van der Waals surface area contributed by atoms with Gasteiger partial charge in [0.25, 0.3) is 11.8 Å². The van der Waals surface area contributed by atoms with E-state index in [0.29, 0.717) is 16.0 Å².